The fourth-order valence-corrected chi connectivity index (χ4v) is 4.37. The molecule has 0 aliphatic carbocycles. The van der Waals surface area contributed by atoms with Gasteiger partial charge in [-0.3, -0.25) is 0 Å². The number of benzene rings is 5. The van der Waals surface area contributed by atoms with Crippen LogP contribution >= 0.6 is 0 Å². The van der Waals surface area contributed by atoms with Crippen molar-refractivity contribution < 1.29 is 0 Å². The van der Waals surface area contributed by atoms with E-state index in [1.54, 1.807) is 0 Å². The highest BCUT2D eigenvalue weighted by molar-refractivity contribution is 6.25. The van der Waals surface area contributed by atoms with E-state index < -0.39 is 0 Å². The van der Waals surface area contributed by atoms with Gasteiger partial charge in [0.25, 0.3) is 0 Å². The van der Waals surface area contributed by atoms with Gasteiger partial charge in [0, 0.05) is 10.9 Å². The zero-order chi connectivity index (χ0) is 19.4. The molecular formula is C26H17N3. The third kappa shape index (κ3) is 2.38. The predicted molar refractivity (Wildman–Crippen MR) is 122 cm³/mol. The number of nitrogen functional groups attached to an aromatic ring is 1. The van der Waals surface area contributed by atoms with Crippen LogP contribution in [0.15, 0.2) is 91.0 Å². The van der Waals surface area contributed by atoms with Gasteiger partial charge in [-0.2, -0.15) is 0 Å². The molecule has 0 saturated heterocycles. The van der Waals surface area contributed by atoms with Crippen molar-refractivity contribution in [2.24, 2.45) is 0 Å². The van der Waals surface area contributed by atoms with Gasteiger partial charge in [0.2, 0.25) is 5.95 Å². The standard InChI is InChI=1S/C26H17N3/c27-26-28-24-12-6-5-11-22(24)25(29-26)16-13-14-21-19-9-2-1-7-17(19)18-8-3-4-10-20(18)23(21)15-16/h1-15H,(H2,27,28,29). The number of hydrogen-bond acceptors (Lipinski definition) is 3. The van der Waals surface area contributed by atoms with Crippen LogP contribution in [0.1, 0.15) is 0 Å². The third-order valence-corrected chi connectivity index (χ3v) is 5.64. The predicted octanol–water partition coefficient (Wildman–Crippen LogP) is 6.34. The molecule has 0 bridgehead atoms. The van der Waals surface area contributed by atoms with Crippen molar-refractivity contribution in [3.63, 3.8) is 0 Å². The number of fused-ring (bicyclic) bond motifs is 7. The number of aromatic nitrogens is 2. The number of nitrogens with zero attached hydrogens (tertiary/aromatic N) is 2. The Labute approximate surface area is 167 Å². The number of nitrogens with two attached hydrogens (primary N) is 1. The molecule has 29 heavy (non-hydrogen) atoms. The first-order valence-electron chi connectivity index (χ1n) is 9.65. The highest BCUT2D eigenvalue weighted by Crippen LogP contribution is 2.37. The van der Waals surface area contributed by atoms with Crippen molar-refractivity contribution >= 4 is 49.2 Å². The lowest BCUT2D eigenvalue weighted by molar-refractivity contribution is 1.24. The molecule has 0 aliphatic heterocycles. The number of anilines is 1. The Bertz CT molecular complexity index is 1530. The average Bonchev–Trinajstić information content (AvgIpc) is 2.78. The molecule has 0 unspecified atom stereocenters. The van der Waals surface area contributed by atoms with Crippen LogP contribution in [0.4, 0.5) is 5.95 Å². The Balaban J connectivity index is 1.76. The molecule has 0 amide bonds. The van der Waals surface area contributed by atoms with Crippen LogP contribution in [-0.4, -0.2) is 9.97 Å². The maximum Gasteiger partial charge on any atom is 0.221 e. The summed E-state index contributed by atoms with van der Waals surface area (Å²) in [5.74, 6) is 0.294. The fraction of sp³-hybridized carbons (Fsp3) is 0. The first kappa shape index (κ1) is 16.0. The SMILES string of the molecule is Nc1nc(-c2ccc3c4ccccc4c4ccccc4c3c2)c2ccccc2n1. The van der Waals surface area contributed by atoms with E-state index in [1.807, 2.05) is 24.3 Å². The van der Waals surface area contributed by atoms with E-state index in [-0.39, 0.29) is 0 Å². The minimum atomic E-state index is 0.294. The van der Waals surface area contributed by atoms with Crippen molar-refractivity contribution in [2.75, 3.05) is 5.73 Å². The van der Waals surface area contributed by atoms with Gasteiger partial charge in [0.15, 0.2) is 0 Å². The van der Waals surface area contributed by atoms with Crippen molar-refractivity contribution in [1.29, 1.82) is 0 Å². The van der Waals surface area contributed by atoms with Gasteiger partial charge in [-0.15, -0.1) is 0 Å². The molecule has 3 heteroatoms. The van der Waals surface area contributed by atoms with E-state index in [0.717, 1.165) is 22.2 Å². The maximum absolute atomic E-state index is 6.02. The van der Waals surface area contributed by atoms with Crippen LogP contribution in [0, 0.1) is 0 Å². The van der Waals surface area contributed by atoms with E-state index in [4.69, 9.17) is 5.73 Å². The zero-order valence-electron chi connectivity index (χ0n) is 15.6. The smallest absolute Gasteiger partial charge is 0.221 e. The van der Waals surface area contributed by atoms with Crippen LogP contribution in [0.3, 0.4) is 0 Å². The first-order valence-corrected chi connectivity index (χ1v) is 9.65. The molecule has 1 aromatic heterocycles. The van der Waals surface area contributed by atoms with Crippen LogP contribution < -0.4 is 5.73 Å². The summed E-state index contributed by atoms with van der Waals surface area (Å²) in [6.45, 7) is 0. The maximum atomic E-state index is 6.02. The lowest BCUT2D eigenvalue weighted by Gasteiger charge is -2.12. The number of hydrogen-bond donors (Lipinski definition) is 1. The summed E-state index contributed by atoms with van der Waals surface area (Å²) in [7, 11) is 0. The molecule has 2 N–H and O–H groups in total. The van der Waals surface area contributed by atoms with Crippen molar-refractivity contribution in [3.8, 4) is 11.3 Å². The van der Waals surface area contributed by atoms with Crippen molar-refractivity contribution in [1.82, 2.24) is 9.97 Å². The van der Waals surface area contributed by atoms with Gasteiger partial charge < -0.3 is 5.73 Å². The summed E-state index contributed by atoms with van der Waals surface area (Å²) in [5.41, 5.74) is 8.79. The summed E-state index contributed by atoms with van der Waals surface area (Å²) >= 11 is 0. The molecular weight excluding hydrogens is 354 g/mol. The summed E-state index contributed by atoms with van der Waals surface area (Å²) in [6.07, 6.45) is 0. The largest absolute Gasteiger partial charge is 0.368 e. The van der Waals surface area contributed by atoms with E-state index >= 15 is 0 Å². The molecule has 6 rings (SSSR count). The minimum absolute atomic E-state index is 0.294. The van der Waals surface area contributed by atoms with Crippen molar-refractivity contribution in [2.45, 2.75) is 0 Å². The Kier molecular flexibility index (Phi) is 3.32. The second-order valence-corrected chi connectivity index (χ2v) is 7.30. The van der Waals surface area contributed by atoms with Gasteiger partial charge in [-0.25, -0.2) is 9.97 Å². The zero-order valence-corrected chi connectivity index (χ0v) is 15.6. The van der Waals surface area contributed by atoms with Crippen LogP contribution in [-0.2, 0) is 0 Å². The van der Waals surface area contributed by atoms with Crippen LogP contribution in [0.2, 0.25) is 0 Å². The second kappa shape index (κ2) is 6.01. The van der Waals surface area contributed by atoms with Gasteiger partial charge in [0.05, 0.1) is 11.2 Å². The normalized spacial score (nSPS) is 11.6. The molecule has 6 aromatic rings. The molecule has 136 valence electrons. The van der Waals surface area contributed by atoms with Crippen LogP contribution in [0.25, 0.3) is 54.5 Å². The van der Waals surface area contributed by atoms with Gasteiger partial charge in [-0.05, 0) is 44.5 Å². The summed E-state index contributed by atoms with van der Waals surface area (Å²) < 4.78 is 0. The molecule has 0 fully saturated rings. The number of rotatable bonds is 1. The van der Waals surface area contributed by atoms with E-state index in [0.29, 0.717) is 5.95 Å². The Hall–Kier alpha value is -3.98. The lowest BCUT2D eigenvalue weighted by Crippen LogP contribution is -1.98. The van der Waals surface area contributed by atoms with Crippen LogP contribution in [0.5, 0.6) is 0 Å². The molecule has 0 radical (unpaired) electrons. The molecule has 0 atom stereocenters. The monoisotopic (exact) mass is 371 g/mol. The summed E-state index contributed by atoms with van der Waals surface area (Å²) in [4.78, 5) is 8.97. The minimum Gasteiger partial charge on any atom is -0.368 e. The van der Waals surface area contributed by atoms with E-state index in [2.05, 4.69) is 76.7 Å². The van der Waals surface area contributed by atoms with Crippen molar-refractivity contribution in [3.05, 3.63) is 91.0 Å². The summed E-state index contributed by atoms with van der Waals surface area (Å²) in [5, 5.41) is 8.52. The molecule has 0 spiro atoms. The average molecular weight is 371 g/mol. The second-order valence-electron chi connectivity index (χ2n) is 7.30. The lowest BCUT2D eigenvalue weighted by atomic mass is 9.92. The third-order valence-electron chi connectivity index (χ3n) is 5.64. The first-order chi connectivity index (χ1) is 14.3. The van der Waals surface area contributed by atoms with E-state index in [9.17, 15) is 0 Å². The Morgan fingerprint density at radius 3 is 1.66 bits per heavy atom. The number of para-hydroxylation sites is 1. The van der Waals surface area contributed by atoms with Gasteiger partial charge >= 0.3 is 0 Å². The topological polar surface area (TPSA) is 51.8 Å². The molecule has 1 heterocycles. The Morgan fingerprint density at radius 2 is 1.00 bits per heavy atom. The molecule has 3 nitrogen and oxygen atoms in total. The van der Waals surface area contributed by atoms with E-state index in [1.165, 1.54) is 32.3 Å². The summed E-state index contributed by atoms with van der Waals surface area (Å²) in [6, 6.07) is 31.8. The highest BCUT2D eigenvalue weighted by Gasteiger charge is 2.12. The molecule has 0 aliphatic rings. The van der Waals surface area contributed by atoms with Gasteiger partial charge in [-0.1, -0.05) is 78.9 Å². The van der Waals surface area contributed by atoms with Gasteiger partial charge in [0.1, 0.15) is 0 Å². The molecule has 0 saturated carbocycles. The highest BCUT2D eigenvalue weighted by atomic mass is 15.0. The molecule has 5 aromatic carbocycles. The fourth-order valence-electron chi connectivity index (χ4n) is 4.37. The quantitative estimate of drug-likeness (QED) is 0.343. The Morgan fingerprint density at radius 1 is 0.483 bits per heavy atom.